The first kappa shape index (κ1) is 23.8. The molecule has 0 atom stereocenters. The number of nitrogens with zero attached hydrogens (tertiary/aromatic N) is 3. The van der Waals surface area contributed by atoms with E-state index < -0.39 is 17.3 Å². The minimum Gasteiger partial charge on any atom is -0.488 e. The maximum Gasteiger partial charge on any atom is 0.275 e. The predicted octanol–water partition coefficient (Wildman–Crippen LogP) is 4.33. The van der Waals surface area contributed by atoms with Gasteiger partial charge in [-0.3, -0.25) is 14.3 Å². The zero-order chi connectivity index (χ0) is 24.6. The number of halogens is 2. The molecular weight excluding hydrogens is 459 g/mol. The van der Waals surface area contributed by atoms with Crippen LogP contribution in [0.25, 0.3) is 11.3 Å². The van der Waals surface area contributed by atoms with E-state index in [9.17, 15) is 14.0 Å². The van der Waals surface area contributed by atoms with Crippen LogP contribution in [0.5, 0.6) is 5.75 Å². The first-order valence-electron chi connectivity index (χ1n) is 10.8. The van der Waals surface area contributed by atoms with E-state index in [4.69, 9.17) is 16.3 Å². The first-order valence-corrected chi connectivity index (χ1v) is 11.2. The summed E-state index contributed by atoms with van der Waals surface area (Å²) in [5, 5.41) is 7.89. The molecule has 34 heavy (non-hydrogen) atoms. The Morgan fingerprint density at radius 1 is 1.24 bits per heavy atom. The van der Waals surface area contributed by atoms with Gasteiger partial charge in [0.1, 0.15) is 24.7 Å². The lowest BCUT2D eigenvalue weighted by atomic mass is 10.0. The molecule has 0 fully saturated rings. The normalized spacial score (nSPS) is 12.4. The minimum atomic E-state index is -0.467. The van der Waals surface area contributed by atoms with Crippen LogP contribution in [-0.4, -0.2) is 38.6 Å². The largest absolute Gasteiger partial charge is 0.488 e. The van der Waals surface area contributed by atoms with Gasteiger partial charge in [-0.2, -0.15) is 5.10 Å². The van der Waals surface area contributed by atoms with Crippen LogP contribution >= 0.6 is 11.6 Å². The Morgan fingerprint density at radius 2 is 2.00 bits per heavy atom. The van der Waals surface area contributed by atoms with E-state index >= 15 is 0 Å². The lowest BCUT2D eigenvalue weighted by Gasteiger charge is -2.26. The molecule has 7 nitrogen and oxygen atoms in total. The fourth-order valence-corrected chi connectivity index (χ4v) is 4.18. The molecule has 1 aliphatic rings. The fourth-order valence-electron chi connectivity index (χ4n) is 4.01. The molecule has 0 bridgehead atoms. The third-order valence-electron chi connectivity index (χ3n) is 5.32. The molecule has 1 N–H and O–H groups in total. The van der Waals surface area contributed by atoms with Crippen molar-refractivity contribution < 1.29 is 18.7 Å². The highest BCUT2D eigenvalue weighted by Gasteiger charge is 2.32. The van der Waals surface area contributed by atoms with Crippen molar-refractivity contribution in [1.82, 2.24) is 20.0 Å². The molecule has 0 aliphatic carbocycles. The van der Waals surface area contributed by atoms with Crippen molar-refractivity contribution in [3.8, 4) is 17.0 Å². The molecule has 0 spiro atoms. The van der Waals surface area contributed by atoms with Gasteiger partial charge in [-0.25, -0.2) is 4.39 Å². The molecule has 178 valence electrons. The van der Waals surface area contributed by atoms with Crippen molar-refractivity contribution in [1.29, 1.82) is 0 Å². The average Bonchev–Trinajstić information content (AvgIpc) is 3.08. The Hall–Kier alpha value is -3.39. The summed E-state index contributed by atoms with van der Waals surface area (Å²) in [6, 6.07) is 11.2. The zero-order valence-electron chi connectivity index (χ0n) is 19.5. The number of nitrogens with one attached hydrogen (secondary N) is 1. The van der Waals surface area contributed by atoms with Crippen molar-refractivity contribution in [2.45, 2.75) is 39.5 Å². The number of hydrogen-bond donors (Lipinski definition) is 1. The molecule has 4 rings (SSSR count). The summed E-state index contributed by atoms with van der Waals surface area (Å²) in [4.78, 5) is 27.8. The molecule has 2 amide bonds. The average molecular weight is 485 g/mol. The number of aryl methyl sites for hydroxylation is 1. The number of rotatable bonds is 5. The van der Waals surface area contributed by atoms with Gasteiger partial charge >= 0.3 is 0 Å². The van der Waals surface area contributed by atoms with Crippen LogP contribution in [-0.2, 0) is 25.0 Å². The standard InChI is InChI=1S/C25H26ClFN4O3/c1-25(2,3)28-21(32)13-31(12-15-6-5-7-17(27)10-15)24(33)22-19-14-34-20-9-8-16(26)11-18(20)23(19)30(4)29-22/h5-11H,12-14H2,1-4H3,(H,28,32). The van der Waals surface area contributed by atoms with Gasteiger partial charge < -0.3 is 15.0 Å². The molecule has 0 saturated heterocycles. The second-order valence-corrected chi connectivity index (χ2v) is 9.75. The third-order valence-corrected chi connectivity index (χ3v) is 5.55. The Bertz CT molecular complexity index is 1270. The Labute approximate surface area is 202 Å². The van der Waals surface area contributed by atoms with E-state index in [0.717, 1.165) is 11.3 Å². The maximum absolute atomic E-state index is 13.8. The molecule has 0 saturated carbocycles. The number of carbonyl (C=O) groups is 2. The van der Waals surface area contributed by atoms with Crippen molar-refractivity contribution >= 4 is 23.4 Å². The van der Waals surface area contributed by atoms with Crippen LogP contribution in [0.15, 0.2) is 42.5 Å². The van der Waals surface area contributed by atoms with Gasteiger partial charge in [0.05, 0.1) is 5.69 Å². The predicted molar refractivity (Wildman–Crippen MR) is 127 cm³/mol. The first-order chi connectivity index (χ1) is 16.0. The number of amides is 2. The van der Waals surface area contributed by atoms with Gasteiger partial charge in [0.25, 0.3) is 5.91 Å². The van der Waals surface area contributed by atoms with Crippen molar-refractivity contribution in [3.63, 3.8) is 0 Å². The van der Waals surface area contributed by atoms with Gasteiger partial charge in [-0.15, -0.1) is 0 Å². The SMILES string of the molecule is Cn1nc(C(=O)N(CC(=O)NC(C)(C)C)Cc2cccc(F)c2)c2c1-c1cc(Cl)ccc1OC2. The van der Waals surface area contributed by atoms with Gasteiger partial charge in [0, 0.05) is 35.3 Å². The number of hydrogen-bond acceptors (Lipinski definition) is 4. The van der Waals surface area contributed by atoms with E-state index in [-0.39, 0.29) is 31.3 Å². The van der Waals surface area contributed by atoms with Crippen LogP contribution in [0, 0.1) is 5.82 Å². The number of carbonyl (C=O) groups excluding carboxylic acids is 2. The summed E-state index contributed by atoms with van der Waals surface area (Å²) in [5.74, 6) is -0.532. The number of ether oxygens (including phenoxy) is 1. The molecule has 2 heterocycles. The van der Waals surface area contributed by atoms with Crippen LogP contribution in [0.4, 0.5) is 4.39 Å². The lowest BCUT2D eigenvalue weighted by molar-refractivity contribution is -0.123. The van der Waals surface area contributed by atoms with E-state index in [0.29, 0.717) is 21.9 Å². The summed E-state index contributed by atoms with van der Waals surface area (Å²) in [7, 11) is 1.74. The van der Waals surface area contributed by atoms with Gasteiger partial charge in [0.2, 0.25) is 5.91 Å². The minimum absolute atomic E-state index is 0.0444. The Morgan fingerprint density at radius 3 is 2.71 bits per heavy atom. The van der Waals surface area contributed by atoms with Gasteiger partial charge in [-0.1, -0.05) is 23.7 Å². The summed E-state index contributed by atoms with van der Waals surface area (Å²) in [6.45, 7) is 5.57. The summed E-state index contributed by atoms with van der Waals surface area (Å²) in [6.07, 6.45) is 0. The van der Waals surface area contributed by atoms with Crippen LogP contribution in [0.1, 0.15) is 42.4 Å². The second kappa shape index (κ2) is 9.10. The number of benzene rings is 2. The molecule has 2 aromatic carbocycles. The summed E-state index contributed by atoms with van der Waals surface area (Å²) >= 11 is 6.19. The highest BCUT2D eigenvalue weighted by Crippen LogP contribution is 2.40. The topological polar surface area (TPSA) is 76.5 Å². The van der Waals surface area contributed by atoms with E-state index in [1.165, 1.54) is 17.0 Å². The molecular formula is C25H26ClFN4O3. The van der Waals surface area contributed by atoms with E-state index in [1.54, 1.807) is 42.1 Å². The molecule has 1 aliphatic heterocycles. The molecule has 3 aromatic rings. The van der Waals surface area contributed by atoms with Crippen LogP contribution in [0.2, 0.25) is 5.02 Å². The lowest BCUT2D eigenvalue weighted by Crippen LogP contribution is -2.47. The third kappa shape index (κ3) is 5.07. The monoisotopic (exact) mass is 484 g/mol. The highest BCUT2D eigenvalue weighted by atomic mass is 35.5. The number of fused-ring (bicyclic) bond motifs is 3. The van der Waals surface area contributed by atoms with Crippen molar-refractivity contribution in [3.05, 3.63) is 70.1 Å². The van der Waals surface area contributed by atoms with Crippen LogP contribution < -0.4 is 10.1 Å². The smallest absolute Gasteiger partial charge is 0.275 e. The fraction of sp³-hybridized carbons (Fsp3) is 0.320. The van der Waals surface area contributed by atoms with E-state index in [1.807, 2.05) is 20.8 Å². The number of aromatic nitrogens is 2. The van der Waals surface area contributed by atoms with Crippen molar-refractivity contribution in [2.24, 2.45) is 7.05 Å². The molecule has 9 heteroatoms. The zero-order valence-corrected chi connectivity index (χ0v) is 20.2. The Kier molecular flexibility index (Phi) is 6.36. The molecule has 0 unspecified atom stereocenters. The second-order valence-electron chi connectivity index (χ2n) is 9.32. The van der Waals surface area contributed by atoms with Gasteiger partial charge in [0.15, 0.2) is 5.69 Å². The van der Waals surface area contributed by atoms with Crippen molar-refractivity contribution in [2.75, 3.05) is 6.54 Å². The highest BCUT2D eigenvalue weighted by molar-refractivity contribution is 6.31. The quantitative estimate of drug-likeness (QED) is 0.585. The van der Waals surface area contributed by atoms with Gasteiger partial charge in [-0.05, 0) is 56.7 Å². The maximum atomic E-state index is 13.8. The van der Waals surface area contributed by atoms with Crippen LogP contribution in [0.3, 0.4) is 0 Å². The van der Waals surface area contributed by atoms with E-state index in [2.05, 4.69) is 10.4 Å². The summed E-state index contributed by atoms with van der Waals surface area (Å²) in [5.41, 5.74) is 2.37. The molecule has 1 aromatic heterocycles. The molecule has 0 radical (unpaired) electrons. The summed E-state index contributed by atoms with van der Waals surface area (Å²) < 4.78 is 21.3. The Balaban J connectivity index is 1.70.